The average Bonchev–Trinajstić information content (AvgIpc) is 2.35. The highest BCUT2D eigenvalue weighted by Crippen LogP contribution is 2.27. The second-order valence-corrected chi connectivity index (χ2v) is 3.78. The van der Waals surface area contributed by atoms with Crippen LogP contribution in [-0.2, 0) is 0 Å². The van der Waals surface area contributed by atoms with Crippen LogP contribution in [0.5, 0.6) is 0 Å². The lowest BCUT2D eigenvalue weighted by Gasteiger charge is -2.02. The summed E-state index contributed by atoms with van der Waals surface area (Å²) < 4.78 is 0. The molecule has 1 aromatic heterocycles. The fourth-order valence-corrected chi connectivity index (χ4v) is 1.76. The molecule has 2 aromatic rings. The van der Waals surface area contributed by atoms with Crippen LogP contribution in [-0.4, -0.2) is 15.7 Å². The summed E-state index contributed by atoms with van der Waals surface area (Å²) in [6, 6.07) is 6.61. The van der Waals surface area contributed by atoms with E-state index in [1.807, 2.05) is 12.2 Å². The quantitative estimate of drug-likeness (QED) is 0.514. The highest BCUT2D eigenvalue weighted by molar-refractivity contribution is 7.80. The van der Waals surface area contributed by atoms with Gasteiger partial charge < -0.3 is 0 Å². The van der Waals surface area contributed by atoms with Gasteiger partial charge in [0, 0.05) is 23.6 Å². The van der Waals surface area contributed by atoms with Gasteiger partial charge in [0.25, 0.3) is 5.69 Å². The molecule has 0 radical (unpaired) electrons. The standard InChI is InChI=1S/C12H10N2O2S/c15-14(16)11-6-5-9(3-2-8-17)12-10(11)4-1-7-13-12/h1-7,17H,8H2. The maximum Gasteiger partial charge on any atom is 0.278 e. The Morgan fingerprint density at radius 3 is 2.94 bits per heavy atom. The number of fused-ring (bicyclic) bond motifs is 1. The summed E-state index contributed by atoms with van der Waals surface area (Å²) in [5, 5.41) is 11.4. The Kier molecular flexibility index (Phi) is 3.39. The van der Waals surface area contributed by atoms with Crippen LogP contribution >= 0.6 is 12.6 Å². The third kappa shape index (κ3) is 2.29. The van der Waals surface area contributed by atoms with Crippen molar-refractivity contribution in [1.82, 2.24) is 4.98 Å². The Morgan fingerprint density at radius 2 is 2.24 bits per heavy atom. The van der Waals surface area contributed by atoms with Crippen molar-refractivity contribution >= 4 is 35.3 Å². The zero-order chi connectivity index (χ0) is 12.3. The van der Waals surface area contributed by atoms with Crippen LogP contribution in [0.3, 0.4) is 0 Å². The van der Waals surface area contributed by atoms with Gasteiger partial charge >= 0.3 is 0 Å². The fourth-order valence-electron chi connectivity index (χ4n) is 1.65. The highest BCUT2D eigenvalue weighted by atomic mass is 32.1. The Balaban J connectivity index is 2.70. The number of hydrogen-bond donors (Lipinski definition) is 1. The molecule has 1 heterocycles. The molecule has 5 heteroatoms. The van der Waals surface area contributed by atoms with Crippen molar-refractivity contribution in [3.05, 3.63) is 52.2 Å². The zero-order valence-electron chi connectivity index (χ0n) is 8.91. The summed E-state index contributed by atoms with van der Waals surface area (Å²) in [5.74, 6) is 0.616. The number of thiol groups is 1. The first kappa shape index (κ1) is 11.6. The molecule has 1 aromatic carbocycles. The number of pyridine rings is 1. The third-order valence-electron chi connectivity index (χ3n) is 2.38. The minimum absolute atomic E-state index is 0.0797. The number of nitro groups is 1. The van der Waals surface area contributed by atoms with Gasteiger partial charge in [-0.15, -0.1) is 0 Å². The van der Waals surface area contributed by atoms with E-state index in [1.165, 1.54) is 6.07 Å². The Morgan fingerprint density at radius 1 is 1.41 bits per heavy atom. The summed E-state index contributed by atoms with van der Waals surface area (Å²) in [4.78, 5) is 14.7. The molecule has 0 bridgehead atoms. The molecule has 0 aliphatic rings. The Bertz CT molecular complexity index is 596. The van der Waals surface area contributed by atoms with Crippen LogP contribution in [0.4, 0.5) is 5.69 Å². The van der Waals surface area contributed by atoms with Gasteiger partial charge in [0.2, 0.25) is 0 Å². The van der Waals surface area contributed by atoms with Crippen LogP contribution in [0.2, 0.25) is 0 Å². The van der Waals surface area contributed by atoms with Crippen LogP contribution in [0, 0.1) is 10.1 Å². The maximum atomic E-state index is 10.9. The lowest BCUT2D eigenvalue weighted by molar-refractivity contribution is -0.383. The van der Waals surface area contributed by atoms with Crippen LogP contribution in [0.15, 0.2) is 36.5 Å². The van der Waals surface area contributed by atoms with Gasteiger partial charge in [-0.3, -0.25) is 15.1 Å². The number of non-ortho nitro benzene ring substituents is 1. The van der Waals surface area contributed by atoms with Crippen LogP contribution in [0.25, 0.3) is 17.0 Å². The molecule has 86 valence electrons. The number of aromatic nitrogens is 1. The number of benzene rings is 1. The number of nitrogens with zero attached hydrogens (tertiary/aromatic N) is 2. The van der Waals surface area contributed by atoms with Gasteiger partial charge in [-0.1, -0.05) is 12.2 Å². The van der Waals surface area contributed by atoms with E-state index < -0.39 is 4.92 Å². The van der Waals surface area contributed by atoms with Gasteiger partial charge in [-0.2, -0.15) is 12.6 Å². The molecule has 0 spiro atoms. The first-order valence-corrected chi connectivity index (χ1v) is 5.67. The first-order chi connectivity index (χ1) is 8.24. The molecule has 0 unspecified atom stereocenters. The predicted molar refractivity (Wildman–Crippen MR) is 71.3 cm³/mol. The predicted octanol–water partition coefficient (Wildman–Crippen LogP) is 3.09. The van der Waals surface area contributed by atoms with E-state index in [-0.39, 0.29) is 5.69 Å². The normalized spacial score (nSPS) is 11.1. The molecule has 2 rings (SSSR count). The molecule has 0 amide bonds. The van der Waals surface area contributed by atoms with E-state index in [1.54, 1.807) is 24.4 Å². The van der Waals surface area contributed by atoms with Gasteiger partial charge in [0.15, 0.2) is 0 Å². The van der Waals surface area contributed by atoms with Crippen molar-refractivity contribution in [3.63, 3.8) is 0 Å². The summed E-state index contributed by atoms with van der Waals surface area (Å²) >= 11 is 4.08. The monoisotopic (exact) mass is 246 g/mol. The van der Waals surface area contributed by atoms with Crippen LogP contribution < -0.4 is 0 Å². The smallest absolute Gasteiger partial charge is 0.258 e. The summed E-state index contributed by atoms with van der Waals surface area (Å²) in [7, 11) is 0. The number of hydrogen-bond acceptors (Lipinski definition) is 4. The second kappa shape index (κ2) is 4.97. The van der Waals surface area contributed by atoms with E-state index >= 15 is 0 Å². The highest BCUT2D eigenvalue weighted by Gasteiger charge is 2.13. The number of rotatable bonds is 3. The Labute approximate surface area is 104 Å². The molecular weight excluding hydrogens is 236 g/mol. The molecule has 0 saturated carbocycles. The maximum absolute atomic E-state index is 10.9. The molecule has 0 fully saturated rings. The van der Waals surface area contributed by atoms with E-state index in [2.05, 4.69) is 17.6 Å². The molecule has 4 nitrogen and oxygen atoms in total. The fraction of sp³-hybridized carbons (Fsp3) is 0.0833. The van der Waals surface area contributed by atoms with E-state index in [0.29, 0.717) is 16.7 Å². The summed E-state index contributed by atoms with van der Waals surface area (Å²) in [5.41, 5.74) is 1.58. The molecular formula is C12H10N2O2S. The first-order valence-electron chi connectivity index (χ1n) is 5.03. The Hall–Kier alpha value is -1.88. The van der Waals surface area contributed by atoms with Crippen molar-refractivity contribution in [3.8, 4) is 0 Å². The lowest BCUT2D eigenvalue weighted by atomic mass is 10.1. The minimum Gasteiger partial charge on any atom is -0.258 e. The van der Waals surface area contributed by atoms with Crippen molar-refractivity contribution in [1.29, 1.82) is 0 Å². The molecule has 0 N–H and O–H groups in total. The molecule has 17 heavy (non-hydrogen) atoms. The SMILES string of the molecule is O=[N+]([O-])c1ccc(C=CCS)c2ncccc12. The van der Waals surface area contributed by atoms with E-state index in [4.69, 9.17) is 0 Å². The lowest BCUT2D eigenvalue weighted by Crippen LogP contribution is -1.92. The van der Waals surface area contributed by atoms with Gasteiger partial charge in [-0.25, -0.2) is 0 Å². The molecule has 0 aliphatic heterocycles. The zero-order valence-corrected chi connectivity index (χ0v) is 9.80. The largest absolute Gasteiger partial charge is 0.278 e. The van der Waals surface area contributed by atoms with E-state index in [9.17, 15) is 10.1 Å². The topological polar surface area (TPSA) is 56.0 Å². The third-order valence-corrected chi connectivity index (χ3v) is 2.59. The van der Waals surface area contributed by atoms with Crippen molar-refractivity contribution < 1.29 is 4.92 Å². The van der Waals surface area contributed by atoms with Gasteiger partial charge in [-0.05, 0) is 18.2 Å². The molecule has 0 saturated heterocycles. The summed E-state index contributed by atoms with van der Waals surface area (Å²) in [6.45, 7) is 0. The number of nitro benzene ring substituents is 1. The van der Waals surface area contributed by atoms with Gasteiger partial charge in [0.05, 0.1) is 15.8 Å². The summed E-state index contributed by atoms with van der Waals surface area (Å²) in [6.07, 6.45) is 5.37. The van der Waals surface area contributed by atoms with Crippen molar-refractivity contribution in [2.75, 3.05) is 5.75 Å². The average molecular weight is 246 g/mol. The van der Waals surface area contributed by atoms with E-state index in [0.717, 1.165) is 5.56 Å². The molecule has 0 atom stereocenters. The van der Waals surface area contributed by atoms with Gasteiger partial charge in [0.1, 0.15) is 0 Å². The second-order valence-electron chi connectivity index (χ2n) is 3.42. The van der Waals surface area contributed by atoms with Crippen molar-refractivity contribution in [2.45, 2.75) is 0 Å². The van der Waals surface area contributed by atoms with Crippen LogP contribution in [0.1, 0.15) is 5.56 Å². The van der Waals surface area contributed by atoms with Crippen molar-refractivity contribution in [2.24, 2.45) is 0 Å². The molecule has 0 aliphatic carbocycles. The minimum atomic E-state index is -0.393.